The maximum atomic E-state index is 4.41. The van der Waals surface area contributed by atoms with E-state index in [0.717, 1.165) is 24.1 Å². The Labute approximate surface area is 106 Å². The normalized spacial score (nSPS) is 17.9. The smallest absolute Gasteiger partial charge is 0.143 e. The third kappa shape index (κ3) is 2.47. The van der Waals surface area contributed by atoms with Crippen LogP contribution in [0.25, 0.3) is 0 Å². The minimum absolute atomic E-state index is 0.653. The van der Waals surface area contributed by atoms with Crippen LogP contribution in [0.1, 0.15) is 63.0 Å². The first-order valence-corrected chi connectivity index (χ1v) is 7.47. The lowest BCUT2D eigenvalue weighted by Gasteiger charge is -2.21. The third-order valence-electron chi connectivity index (χ3n) is 3.39. The monoisotopic (exact) mass is 285 g/mol. The minimum Gasteiger partial charge on any atom is -0.314 e. The molecule has 0 bridgehead atoms. The predicted molar refractivity (Wildman–Crippen MR) is 68.8 cm³/mol. The molecule has 0 radical (unpaired) electrons. The first kappa shape index (κ1) is 12.1. The maximum Gasteiger partial charge on any atom is 0.143 e. The fraction of sp³-hybridized carbons (Fsp3) is 0.833. The van der Waals surface area contributed by atoms with E-state index >= 15 is 0 Å². The quantitative estimate of drug-likeness (QED) is 0.791. The Morgan fingerprint density at radius 1 is 1.25 bits per heavy atom. The molecule has 4 heteroatoms. The van der Waals surface area contributed by atoms with Crippen LogP contribution in [0.4, 0.5) is 0 Å². The van der Waals surface area contributed by atoms with Crippen LogP contribution in [0.15, 0.2) is 0 Å². The van der Waals surface area contributed by atoms with Crippen LogP contribution < -0.4 is 0 Å². The molecule has 0 aliphatic heterocycles. The summed E-state index contributed by atoms with van der Waals surface area (Å²) in [4.78, 5) is 0. The highest BCUT2D eigenvalue weighted by Crippen LogP contribution is 2.32. The summed E-state index contributed by atoms with van der Waals surface area (Å²) in [5.41, 5.74) is 0. The molecule has 0 N–H and O–H groups in total. The van der Waals surface area contributed by atoms with Crippen LogP contribution in [0.2, 0.25) is 0 Å². The molecular formula is C12H20BrN3. The van der Waals surface area contributed by atoms with Crippen LogP contribution in [-0.4, -0.2) is 14.8 Å². The van der Waals surface area contributed by atoms with Crippen LogP contribution in [0, 0.1) is 0 Å². The predicted octanol–water partition coefficient (Wildman–Crippen LogP) is 3.63. The van der Waals surface area contributed by atoms with Crippen molar-refractivity contribution >= 4 is 15.9 Å². The van der Waals surface area contributed by atoms with Gasteiger partial charge in [0.1, 0.15) is 11.6 Å². The molecule has 0 unspecified atom stereocenters. The zero-order chi connectivity index (χ0) is 11.4. The van der Waals surface area contributed by atoms with Gasteiger partial charge in [0.05, 0.1) is 5.33 Å². The number of rotatable bonds is 4. The van der Waals surface area contributed by atoms with E-state index in [1.54, 1.807) is 0 Å². The molecule has 3 nitrogen and oxygen atoms in total. The zero-order valence-corrected chi connectivity index (χ0v) is 11.5. The summed E-state index contributed by atoms with van der Waals surface area (Å²) in [5.74, 6) is 2.97. The number of aromatic nitrogens is 3. The molecule has 0 saturated heterocycles. The number of alkyl halides is 1. The molecule has 0 spiro atoms. The minimum atomic E-state index is 0.653. The Morgan fingerprint density at radius 2 is 2.00 bits per heavy atom. The molecule has 1 saturated carbocycles. The van der Waals surface area contributed by atoms with Gasteiger partial charge < -0.3 is 4.57 Å². The van der Waals surface area contributed by atoms with Crippen molar-refractivity contribution in [2.45, 2.75) is 63.2 Å². The van der Waals surface area contributed by atoms with Gasteiger partial charge in [-0.3, -0.25) is 0 Å². The van der Waals surface area contributed by atoms with Gasteiger partial charge in [-0.05, 0) is 19.3 Å². The molecule has 1 aromatic rings. The molecule has 0 atom stereocenters. The fourth-order valence-electron chi connectivity index (χ4n) is 2.58. The Hall–Kier alpha value is -0.380. The van der Waals surface area contributed by atoms with E-state index in [-0.39, 0.29) is 0 Å². The molecule has 1 fully saturated rings. The first-order chi connectivity index (χ1) is 7.86. The zero-order valence-electron chi connectivity index (χ0n) is 9.95. The summed E-state index contributed by atoms with van der Waals surface area (Å²) in [6, 6.07) is 0. The van der Waals surface area contributed by atoms with Crippen LogP contribution in [-0.2, 0) is 11.9 Å². The van der Waals surface area contributed by atoms with Gasteiger partial charge in [0, 0.05) is 12.5 Å². The molecule has 90 valence electrons. The van der Waals surface area contributed by atoms with Crippen molar-refractivity contribution in [3.8, 4) is 0 Å². The summed E-state index contributed by atoms with van der Waals surface area (Å²) in [5, 5.41) is 9.52. The van der Waals surface area contributed by atoms with Crippen molar-refractivity contribution < 1.29 is 0 Å². The molecule has 0 aromatic carbocycles. The maximum absolute atomic E-state index is 4.41. The van der Waals surface area contributed by atoms with Gasteiger partial charge in [-0.15, -0.1) is 10.2 Å². The second kappa shape index (κ2) is 5.80. The molecule has 0 amide bonds. The van der Waals surface area contributed by atoms with E-state index < -0.39 is 0 Å². The lowest BCUT2D eigenvalue weighted by molar-refractivity contribution is 0.412. The fourth-order valence-corrected chi connectivity index (χ4v) is 2.99. The van der Waals surface area contributed by atoms with Gasteiger partial charge in [0.15, 0.2) is 0 Å². The summed E-state index contributed by atoms with van der Waals surface area (Å²) in [6.45, 7) is 3.27. The number of hydrogen-bond acceptors (Lipinski definition) is 2. The summed E-state index contributed by atoms with van der Waals surface area (Å²) in [7, 11) is 0. The van der Waals surface area contributed by atoms with E-state index in [9.17, 15) is 0 Å². The lowest BCUT2D eigenvalue weighted by atomic mass is 9.88. The standard InChI is InChI=1S/C12H20BrN3/c1-2-8-16-11(9-13)14-15-12(16)10-6-4-3-5-7-10/h10H,2-9H2,1H3. The second-order valence-electron chi connectivity index (χ2n) is 4.59. The summed E-state index contributed by atoms with van der Waals surface area (Å²) >= 11 is 3.49. The highest BCUT2D eigenvalue weighted by Gasteiger charge is 2.22. The summed E-state index contributed by atoms with van der Waals surface area (Å²) < 4.78 is 2.32. The average Bonchev–Trinajstić information content (AvgIpc) is 2.74. The first-order valence-electron chi connectivity index (χ1n) is 6.34. The SMILES string of the molecule is CCCn1c(CBr)nnc1C1CCCCC1. The van der Waals surface area contributed by atoms with Crippen molar-refractivity contribution in [2.24, 2.45) is 0 Å². The number of nitrogens with zero attached hydrogens (tertiary/aromatic N) is 3. The van der Waals surface area contributed by atoms with E-state index in [1.165, 1.54) is 37.9 Å². The molecular weight excluding hydrogens is 266 g/mol. The molecule has 2 rings (SSSR count). The van der Waals surface area contributed by atoms with E-state index in [1.807, 2.05) is 0 Å². The van der Waals surface area contributed by atoms with E-state index in [0.29, 0.717) is 5.92 Å². The number of halogens is 1. The van der Waals surface area contributed by atoms with Crippen molar-refractivity contribution in [3.63, 3.8) is 0 Å². The van der Waals surface area contributed by atoms with Crippen molar-refractivity contribution in [1.29, 1.82) is 0 Å². The van der Waals surface area contributed by atoms with Gasteiger partial charge in [-0.1, -0.05) is 42.1 Å². The Kier molecular flexibility index (Phi) is 4.38. The van der Waals surface area contributed by atoms with Gasteiger partial charge in [0.25, 0.3) is 0 Å². The van der Waals surface area contributed by atoms with Crippen LogP contribution in [0.5, 0.6) is 0 Å². The van der Waals surface area contributed by atoms with Crippen LogP contribution in [0.3, 0.4) is 0 Å². The summed E-state index contributed by atoms with van der Waals surface area (Å²) in [6.07, 6.45) is 7.84. The van der Waals surface area contributed by atoms with Gasteiger partial charge >= 0.3 is 0 Å². The van der Waals surface area contributed by atoms with Gasteiger partial charge in [-0.2, -0.15) is 0 Å². The highest BCUT2D eigenvalue weighted by molar-refractivity contribution is 9.08. The van der Waals surface area contributed by atoms with E-state index in [2.05, 4.69) is 37.6 Å². The van der Waals surface area contributed by atoms with E-state index in [4.69, 9.17) is 0 Å². The molecule has 1 aromatic heterocycles. The van der Waals surface area contributed by atoms with Gasteiger partial charge in [-0.25, -0.2) is 0 Å². The Balaban J connectivity index is 2.20. The molecule has 1 aliphatic carbocycles. The highest BCUT2D eigenvalue weighted by atomic mass is 79.9. The van der Waals surface area contributed by atoms with Gasteiger partial charge in [0.2, 0.25) is 0 Å². The molecule has 16 heavy (non-hydrogen) atoms. The Bertz CT molecular complexity index is 329. The lowest BCUT2D eigenvalue weighted by Crippen LogP contribution is -2.13. The third-order valence-corrected chi connectivity index (χ3v) is 3.89. The average molecular weight is 286 g/mol. The molecule has 1 heterocycles. The second-order valence-corrected chi connectivity index (χ2v) is 5.16. The van der Waals surface area contributed by atoms with Crippen molar-refractivity contribution in [1.82, 2.24) is 14.8 Å². The largest absolute Gasteiger partial charge is 0.314 e. The van der Waals surface area contributed by atoms with Crippen LogP contribution >= 0.6 is 15.9 Å². The topological polar surface area (TPSA) is 30.7 Å². The van der Waals surface area contributed by atoms with Crippen molar-refractivity contribution in [2.75, 3.05) is 0 Å². The number of hydrogen-bond donors (Lipinski definition) is 0. The Morgan fingerprint density at radius 3 is 2.62 bits per heavy atom. The van der Waals surface area contributed by atoms with Crippen molar-refractivity contribution in [3.05, 3.63) is 11.6 Å². The molecule has 1 aliphatic rings.